The third-order valence-corrected chi connectivity index (χ3v) is 6.05. The maximum Gasteiger partial charge on any atom is 1.00 e. The van der Waals surface area contributed by atoms with Crippen LogP contribution in [0.1, 0.15) is 72.5 Å². The fourth-order valence-corrected chi connectivity index (χ4v) is 4.38. The van der Waals surface area contributed by atoms with E-state index < -0.39 is 17.8 Å². The molecule has 0 saturated carbocycles. The standard InChI is InChI=1S/C26H28Cl2FN3O2.Na/c1-14(2)11-12-32-25(15(3)4)21(24(31-32)26(33)34)23(18-10-9-17(27)13-16(18)5)30-20-8-6-7-19(28)22(20)29;/h6-11,13,15,23,30H,12H2,1-5H3,(H,33,34);/q;+1/p-1. The molecule has 5 nitrogen and oxygen atoms in total. The van der Waals surface area contributed by atoms with Crippen LogP contribution < -0.4 is 40.0 Å². The van der Waals surface area contributed by atoms with E-state index in [1.165, 1.54) is 6.07 Å². The van der Waals surface area contributed by atoms with Crippen molar-refractivity contribution in [3.8, 4) is 0 Å². The first-order valence-electron chi connectivity index (χ1n) is 10.9. The van der Waals surface area contributed by atoms with Gasteiger partial charge in [0.25, 0.3) is 0 Å². The van der Waals surface area contributed by atoms with Crippen LogP contribution in [0.15, 0.2) is 48.0 Å². The first-order chi connectivity index (χ1) is 16.0. The monoisotopic (exact) mass is 525 g/mol. The van der Waals surface area contributed by atoms with Gasteiger partial charge in [0, 0.05) is 16.3 Å². The van der Waals surface area contributed by atoms with Crippen LogP contribution >= 0.6 is 23.2 Å². The summed E-state index contributed by atoms with van der Waals surface area (Å²) in [5.74, 6) is -2.11. The van der Waals surface area contributed by atoms with Gasteiger partial charge in [-0.25, -0.2) is 4.39 Å². The number of aromatic carboxylic acids is 1. The average molecular weight is 526 g/mol. The van der Waals surface area contributed by atoms with Gasteiger partial charge >= 0.3 is 29.6 Å². The molecule has 2 aromatic carbocycles. The molecule has 180 valence electrons. The first kappa shape index (κ1) is 29.4. The topological polar surface area (TPSA) is 70.0 Å². The SMILES string of the molecule is CC(C)=CCn1nc(C(=O)[O-])c(C(Nc2cccc(Cl)c2F)c2ccc(Cl)cc2C)c1C(C)C.[Na+]. The summed E-state index contributed by atoms with van der Waals surface area (Å²) >= 11 is 12.2. The Labute approximate surface area is 237 Å². The zero-order chi connectivity index (χ0) is 25.2. The van der Waals surface area contributed by atoms with Gasteiger partial charge in [-0.1, -0.05) is 60.8 Å². The number of carbonyl (C=O) groups excluding carboxylic acids is 1. The fourth-order valence-electron chi connectivity index (χ4n) is 3.98. The number of nitrogens with zero attached hydrogens (tertiary/aromatic N) is 2. The van der Waals surface area contributed by atoms with Gasteiger partial charge in [0.1, 0.15) is 5.69 Å². The Morgan fingerprint density at radius 1 is 1.23 bits per heavy atom. The fraction of sp³-hybridized carbons (Fsp3) is 0.308. The van der Waals surface area contributed by atoms with E-state index in [0.717, 1.165) is 16.7 Å². The minimum Gasteiger partial charge on any atom is -0.543 e. The van der Waals surface area contributed by atoms with E-state index in [9.17, 15) is 14.3 Å². The average Bonchev–Trinajstić information content (AvgIpc) is 3.14. The van der Waals surface area contributed by atoms with Gasteiger partial charge in [0.15, 0.2) is 5.82 Å². The molecule has 0 aliphatic heterocycles. The molecule has 0 amide bonds. The zero-order valence-electron chi connectivity index (χ0n) is 20.7. The Balaban J connectivity index is 0.00000432. The number of aryl methyl sites for hydroxylation is 1. The van der Waals surface area contributed by atoms with E-state index in [0.29, 0.717) is 22.8 Å². The van der Waals surface area contributed by atoms with Crippen LogP contribution in [-0.4, -0.2) is 15.7 Å². The number of anilines is 1. The van der Waals surface area contributed by atoms with E-state index in [2.05, 4.69) is 10.4 Å². The van der Waals surface area contributed by atoms with Crippen LogP contribution in [0.4, 0.5) is 10.1 Å². The van der Waals surface area contributed by atoms with Crippen LogP contribution in [0.2, 0.25) is 10.0 Å². The number of allylic oxidation sites excluding steroid dienone is 2. The van der Waals surface area contributed by atoms with Gasteiger partial charge in [-0.05, 0) is 62.1 Å². The van der Waals surface area contributed by atoms with Gasteiger partial charge in [-0.3, -0.25) is 4.68 Å². The molecular formula is C26H27Cl2FN3NaO2. The summed E-state index contributed by atoms with van der Waals surface area (Å²) in [5, 5.41) is 20.3. The Bertz CT molecular complexity index is 1250. The van der Waals surface area contributed by atoms with Crippen molar-refractivity contribution in [2.45, 2.75) is 53.1 Å². The predicted molar refractivity (Wildman–Crippen MR) is 133 cm³/mol. The number of benzene rings is 2. The third kappa shape index (κ3) is 6.69. The maximum absolute atomic E-state index is 14.9. The number of rotatable bonds is 8. The molecule has 1 unspecified atom stereocenters. The summed E-state index contributed by atoms with van der Waals surface area (Å²) in [6, 6.07) is 9.18. The number of carbonyl (C=O) groups is 1. The minimum absolute atomic E-state index is 0. The van der Waals surface area contributed by atoms with Gasteiger partial charge in [0.05, 0.1) is 29.3 Å². The van der Waals surface area contributed by atoms with Crippen molar-refractivity contribution < 1.29 is 43.8 Å². The van der Waals surface area contributed by atoms with Crippen molar-refractivity contribution in [1.29, 1.82) is 0 Å². The van der Waals surface area contributed by atoms with E-state index in [1.807, 2.05) is 40.7 Å². The number of hydrogen-bond donors (Lipinski definition) is 1. The van der Waals surface area contributed by atoms with Gasteiger partial charge in [-0.15, -0.1) is 0 Å². The maximum atomic E-state index is 14.9. The second-order valence-corrected chi connectivity index (χ2v) is 9.58. The molecule has 1 N–H and O–H groups in total. The molecule has 35 heavy (non-hydrogen) atoms. The zero-order valence-corrected chi connectivity index (χ0v) is 24.3. The normalized spacial score (nSPS) is 11.7. The van der Waals surface area contributed by atoms with Crippen LogP contribution in [-0.2, 0) is 6.54 Å². The Hall–Kier alpha value is -1.83. The first-order valence-corrected chi connectivity index (χ1v) is 11.7. The van der Waals surface area contributed by atoms with Crippen molar-refractivity contribution in [2.75, 3.05) is 5.32 Å². The van der Waals surface area contributed by atoms with Crippen molar-refractivity contribution >= 4 is 34.9 Å². The van der Waals surface area contributed by atoms with Gasteiger partial charge < -0.3 is 15.2 Å². The number of aromatic nitrogens is 2. The number of halogens is 3. The number of carboxylic acids is 1. The van der Waals surface area contributed by atoms with Gasteiger partial charge in [0.2, 0.25) is 0 Å². The van der Waals surface area contributed by atoms with E-state index >= 15 is 0 Å². The van der Waals surface area contributed by atoms with Crippen LogP contribution in [0.5, 0.6) is 0 Å². The van der Waals surface area contributed by atoms with E-state index in [-0.39, 0.29) is 51.9 Å². The summed E-state index contributed by atoms with van der Waals surface area (Å²) in [7, 11) is 0. The molecule has 0 fully saturated rings. The number of carboxylic acid groups (broad SMARTS) is 1. The smallest absolute Gasteiger partial charge is 0.543 e. The molecule has 1 aromatic heterocycles. The molecular weight excluding hydrogens is 499 g/mol. The Kier molecular flexibility index (Phi) is 10.4. The van der Waals surface area contributed by atoms with Crippen molar-refractivity contribution in [3.05, 3.63) is 92.0 Å². The molecule has 1 atom stereocenters. The third-order valence-electron chi connectivity index (χ3n) is 5.53. The van der Waals surface area contributed by atoms with Gasteiger partial charge in [-0.2, -0.15) is 5.10 Å². The van der Waals surface area contributed by atoms with Crippen molar-refractivity contribution in [1.82, 2.24) is 9.78 Å². The van der Waals surface area contributed by atoms with E-state index in [4.69, 9.17) is 23.2 Å². The summed E-state index contributed by atoms with van der Waals surface area (Å²) in [6.07, 6.45) is 1.97. The largest absolute Gasteiger partial charge is 1.00 e. The van der Waals surface area contributed by atoms with E-state index in [1.54, 1.807) is 35.0 Å². The molecule has 0 radical (unpaired) electrons. The number of nitrogens with one attached hydrogen (secondary N) is 1. The molecule has 0 bridgehead atoms. The molecule has 0 aliphatic carbocycles. The summed E-state index contributed by atoms with van der Waals surface area (Å²) in [5.41, 5.74) is 3.69. The van der Waals surface area contributed by atoms with Crippen molar-refractivity contribution in [3.63, 3.8) is 0 Å². The summed E-state index contributed by atoms with van der Waals surface area (Å²) in [6.45, 7) is 10.1. The quantitative estimate of drug-likeness (QED) is 0.362. The Morgan fingerprint density at radius 2 is 1.91 bits per heavy atom. The molecule has 3 rings (SSSR count). The molecule has 0 saturated heterocycles. The summed E-state index contributed by atoms with van der Waals surface area (Å²) < 4.78 is 16.6. The second kappa shape index (κ2) is 12.4. The van der Waals surface area contributed by atoms with Crippen molar-refractivity contribution in [2.24, 2.45) is 0 Å². The molecule has 0 aliphatic rings. The minimum atomic E-state index is -1.40. The molecule has 0 spiro atoms. The Morgan fingerprint density at radius 3 is 2.49 bits per heavy atom. The van der Waals surface area contributed by atoms with Crippen LogP contribution in [0.25, 0.3) is 0 Å². The molecule has 1 heterocycles. The summed E-state index contributed by atoms with van der Waals surface area (Å²) in [4.78, 5) is 12.2. The predicted octanol–water partition coefficient (Wildman–Crippen LogP) is 3.30. The number of hydrogen-bond acceptors (Lipinski definition) is 4. The second-order valence-electron chi connectivity index (χ2n) is 8.73. The molecule has 3 aromatic rings. The molecule has 9 heteroatoms. The van der Waals surface area contributed by atoms with Crippen LogP contribution in [0.3, 0.4) is 0 Å². The van der Waals surface area contributed by atoms with Crippen LogP contribution in [0, 0.1) is 12.7 Å².